The lowest BCUT2D eigenvalue weighted by Crippen LogP contribution is -2.13. The van der Waals surface area contributed by atoms with Gasteiger partial charge in [0.05, 0.1) is 29.4 Å². The number of hydrogen-bond donors (Lipinski definition) is 1. The van der Waals surface area contributed by atoms with Crippen LogP contribution in [0.2, 0.25) is 5.02 Å². The van der Waals surface area contributed by atoms with E-state index >= 15 is 4.39 Å². The van der Waals surface area contributed by atoms with E-state index in [4.69, 9.17) is 21.1 Å². The first-order valence-electron chi connectivity index (χ1n) is 14.0. The largest absolute Gasteiger partial charge is 0.492 e. The summed E-state index contributed by atoms with van der Waals surface area (Å²) in [5.41, 5.74) is 0.851. The Hall–Kier alpha value is -3.38. The minimum atomic E-state index is -1.40. The predicted octanol–water partition coefficient (Wildman–Crippen LogP) is 9.45. The summed E-state index contributed by atoms with van der Waals surface area (Å²) in [7, 11) is 0. The van der Waals surface area contributed by atoms with Gasteiger partial charge in [-0.3, -0.25) is 0 Å². The molecule has 3 rings (SSSR count). The van der Waals surface area contributed by atoms with Crippen LogP contribution in [0.15, 0.2) is 54.6 Å². The summed E-state index contributed by atoms with van der Waals surface area (Å²) >= 11 is 6.56. The van der Waals surface area contributed by atoms with Gasteiger partial charge in [-0.15, -0.1) is 0 Å². The molecule has 0 amide bonds. The molecular formula is C33H38ClFO5. The molecule has 1 atom stereocenters. The zero-order valence-corrected chi connectivity index (χ0v) is 24.2. The molecule has 0 aliphatic heterocycles. The first-order valence-corrected chi connectivity index (χ1v) is 14.4. The van der Waals surface area contributed by atoms with Gasteiger partial charge in [0.25, 0.3) is 0 Å². The fourth-order valence-corrected chi connectivity index (χ4v) is 4.62. The van der Waals surface area contributed by atoms with Gasteiger partial charge in [0.2, 0.25) is 0 Å². The van der Waals surface area contributed by atoms with Crippen molar-refractivity contribution in [3.63, 3.8) is 0 Å². The number of carbonyl (C=O) groups is 2. The molecule has 7 heteroatoms. The highest BCUT2D eigenvalue weighted by molar-refractivity contribution is 6.32. The quantitative estimate of drug-likeness (QED) is 0.146. The van der Waals surface area contributed by atoms with E-state index in [1.807, 2.05) is 13.8 Å². The van der Waals surface area contributed by atoms with Crippen LogP contribution in [0.4, 0.5) is 4.39 Å². The van der Waals surface area contributed by atoms with Crippen LogP contribution in [0.1, 0.15) is 86.4 Å². The third-order valence-electron chi connectivity index (χ3n) is 6.98. The minimum absolute atomic E-state index is 0.00666. The maximum Gasteiger partial charge on any atom is 0.338 e. The molecule has 0 radical (unpaired) electrons. The fourth-order valence-electron chi connectivity index (χ4n) is 4.39. The standard InChI is InChI=1S/C33H38ClFO5/c1-4-6-7-8-9-12-19-39-29-18-15-23(20-28(29)34)24-16-17-27(32(36)37)31(35)30(24)25-13-10-11-14-26(25)33(38)40-21-22(3)5-2/h10-11,13-18,20,22H,4-9,12,19,21H2,1-3H3,(H,36,37). The number of rotatable bonds is 15. The molecule has 0 aliphatic carbocycles. The molecule has 3 aromatic carbocycles. The van der Waals surface area contributed by atoms with Crippen LogP contribution >= 0.6 is 11.6 Å². The number of esters is 1. The molecule has 214 valence electrons. The minimum Gasteiger partial charge on any atom is -0.492 e. The van der Waals surface area contributed by atoms with Crippen molar-refractivity contribution in [2.75, 3.05) is 13.2 Å². The normalized spacial score (nSPS) is 11.7. The average Bonchev–Trinajstić information content (AvgIpc) is 2.95. The fraction of sp³-hybridized carbons (Fsp3) is 0.394. The molecule has 40 heavy (non-hydrogen) atoms. The molecule has 0 fully saturated rings. The molecule has 0 spiro atoms. The maximum atomic E-state index is 15.9. The molecule has 1 N–H and O–H groups in total. The van der Waals surface area contributed by atoms with Crippen molar-refractivity contribution in [2.45, 2.75) is 65.7 Å². The summed E-state index contributed by atoms with van der Waals surface area (Å²) in [6.07, 6.45) is 7.71. The molecule has 0 aromatic heterocycles. The van der Waals surface area contributed by atoms with E-state index in [9.17, 15) is 14.7 Å². The number of halogens is 2. The van der Waals surface area contributed by atoms with Crippen molar-refractivity contribution < 1.29 is 28.6 Å². The van der Waals surface area contributed by atoms with Crippen LogP contribution in [-0.4, -0.2) is 30.3 Å². The lowest BCUT2D eigenvalue weighted by Gasteiger charge is -2.17. The number of benzene rings is 3. The summed E-state index contributed by atoms with van der Waals surface area (Å²) in [6.45, 7) is 6.93. The first kappa shape index (κ1) is 31.2. The Bertz CT molecular complexity index is 1310. The summed E-state index contributed by atoms with van der Waals surface area (Å²) in [6, 6.07) is 14.4. The summed E-state index contributed by atoms with van der Waals surface area (Å²) in [5, 5.41) is 9.98. The van der Waals surface area contributed by atoms with Gasteiger partial charge >= 0.3 is 11.9 Å². The SMILES string of the molecule is CCCCCCCCOc1ccc(-c2ccc(C(=O)O)c(F)c2-c2ccccc2C(=O)OCC(C)CC)cc1Cl. The van der Waals surface area contributed by atoms with Crippen LogP contribution in [0.3, 0.4) is 0 Å². The first-order chi connectivity index (χ1) is 19.3. The van der Waals surface area contributed by atoms with Gasteiger partial charge in [0, 0.05) is 5.56 Å². The van der Waals surface area contributed by atoms with Crippen LogP contribution in [-0.2, 0) is 4.74 Å². The zero-order chi connectivity index (χ0) is 29.1. The Balaban J connectivity index is 1.95. The molecule has 5 nitrogen and oxygen atoms in total. The van der Waals surface area contributed by atoms with Gasteiger partial charge in [-0.05, 0) is 53.3 Å². The monoisotopic (exact) mass is 568 g/mol. The van der Waals surface area contributed by atoms with E-state index in [-0.39, 0.29) is 29.2 Å². The van der Waals surface area contributed by atoms with Gasteiger partial charge in [0.1, 0.15) is 11.6 Å². The Kier molecular flexibility index (Phi) is 12.0. The molecule has 0 saturated carbocycles. The Morgan fingerprint density at radius 1 is 0.925 bits per heavy atom. The summed E-state index contributed by atoms with van der Waals surface area (Å²) in [4.78, 5) is 24.8. The van der Waals surface area contributed by atoms with Crippen molar-refractivity contribution in [3.05, 3.63) is 76.6 Å². The number of hydrogen-bond acceptors (Lipinski definition) is 4. The second-order valence-electron chi connectivity index (χ2n) is 10.1. The lowest BCUT2D eigenvalue weighted by molar-refractivity contribution is 0.0447. The van der Waals surface area contributed by atoms with E-state index in [1.54, 1.807) is 42.5 Å². The predicted molar refractivity (Wildman–Crippen MR) is 158 cm³/mol. The van der Waals surface area contributed by atoms with Gasteiger partial charge < -0.3 is 14.6 Å². The molecule has 1 unspecified atom stereocenters. The van der Waals surface area contributed by atoms with Crippen LogP contribution in [0.25, 0.3) is 22.3 Å². The topological polar surface area (TPSA) is 72.8 Å². The van der Waals surface area contributed by atoms with E-state index in [2.05, 4.69) is 6.92 Å². The smallest absolute Gasteiger partial charge is 0.338 e. The van der Waals surface area contributed by atoms with Crippen LogP contribution < -0.4 is 4.74 Å². The number of unbranched alkanes of at least 4 members (excludes halogenated alkanes) is 5. The summed E-state index contributed by atoms with van der Waals surface area (Å²) < 4.78 is 27.3. The molecule has 0 saturated heterocycles. The van der Waals surface area contributed by atoms with Crippen LogP contribution in [0, 0.1) is 11.7 Å². The Labute approximate surface area is 241 Å². The average molecular weight is 569 g/mol. The highest BCUT2D eigenvalue weighted by atomic mass is 35.5. The van der Waals surface area contributed by atoms with Crippen molar-refractivity contribution in [1.82, 2.24) is 0 Å². The zero-order valence-electron chi connectivity index (χ0n) is 23.5. The number of carbonyl (C=O) groups excluding carboxylic acids is 1. The van der Waals surface area contributed by atoms with Crippen LogP contribution in [0.5, 0.6) is 5.75 Å². The van der Waals surface area contributed by atoms with E-state index < -0.39 is 23.3 Å². The van der Waals surface area contributed by atoms with Crippen molar-refractivity contribution in [3.8, 4) is 28.0 Å². The third kappa shape index (κ3) is 8.07. The van der Waals surface area contributed by atoms with E-state index in [0.29, 0.717) is 28.5 Å². The number of ether oxygens (including phenoxy) is 2. The van der Waals surface area contributed by atoms with Gasteiger partial charge in [-0.1, -0.05) is 101 Å². The van der Waals surface area contributed by atoms with E-state index in [0.717, 1.165) is 19.3 Å². The second kappa shape index (κ2) is 15.4. The van der Waals surface area contributed by atoms with Gasteiger partial charge in [-0.25, -0.2) is 14.0 Å². The highest BCUT2D eigenvalue weighted by Gasteiger charge is 2.25. The second-order valence-corrected chi connectivity index (χ2v) is 10.5. The Morgan fingerprint density at radius 2 is 1.65 bits per heavy atom. The van der Waals surface area contributed by atoms with Gasteiger partial charge in [0.15, 0.2) is 0 Å². The molecule has 0 aliphatic rings. The van der Waals surface area contributed by atoms with Crippen molar-refractivity contribution in [1.29, 1.82) is 0 Å². The third-order valence-corrected chi connectivity index (χ3v) is 7.28. The number of aromatic carboxylic acids is 1. The number of carboxylic acids is 1. The molecule has 0 heterocycles. The highest BCUT2D eigenvalue weighted by Crippen LogP contribution is 2.40. The Morgan fingerprint density at radius 3 is 2.35 bits per heavy atom. The van der Waals surface area contributed by atoms with Crippen molar-refractivity contribution >= 4 is 23.5 Å². The number of carboxylic acid groups (broad SMARTS) is 1. The molecule has 3 aromatic rings. The lowest BCUT2D eigenvalue weighted by atomic mass is 9.89. The molecule has 0 bridgehead atoms. The summed E-state index contributed by atoms with van der Waals surface area (Å²) in [5.74, 6) is -2.25. The van der Waals surface area contributed by atoms with Crippen molar-refractivity contribution in [2.24, 2.45) is 5.92 Å². The molecular weight excluding hydrogens is 531 g/mol. The van der Waals surface area contributed by atoms with Gasteiger partial charge in [-0.2, -0.15) is 0 Å². The van der Waals surface area contributed by atoms with E-state index in [1.165, 1.54) is 37.8 Å². The maximum absolute atomic E-state index is 15.9.